The molecule has 0 bridgehead atoms. The van der Waals surface area contributed by atoms with E-state index in [1.165, 1.54) is 11.1 Å². The number of nitrogens with zero attached hydrogens (tertiary/aromatic N) is 1. The summed E-state index contributed by atoms with van der Waals surface area (Å²) in [5, 5.41) is 0. The van der Waals surface area contributed by atoms with E-state index in [1.54, 1.807) is 0 Å². The third-order valence-corrected chi connectivity index (χ3v) is 3.80. The quantitative estimate of drug-likeness (QED) is 0.590. The van der Waals surface area contributed by atoms with Gasteiger partial charge in [0, 0.05) is 12.6 Å². The van der Waals surface area contributed by atoms with Crippen molar-refractivity contribution in [3.05, 3.63) is 35.1 Å². The highest BCUT2D eigenvalue weighted by molar-refractivity contribution is 5.76. The molecule has 1 fully saturated rings. The first-order chi connectivity index (χ1) is 7.22. The monoisotopic (exact) mass is 201 g/mol. The van der Waals surface area contributed by atoms with E-state index < -0.39 is 0 Å². The fourth-order valence-corrected chi connectivity index (χ4v) is 2.73. The molecule has 2 heterocycles. The Balaban J connectivity index is 2.17. The molecule has 78 valence electrons. The lowest BCUT2D eigenvalue weighted by molar-refractivity contribution is 0.135. The van der Waals surface area contributed by atoms with Gasteiger partial charge in [0.2, 0.25) is 0 Å². The molecule has 2 heteroatoms. The summed E-state index contributed by atoms with van der Waals surface area (Å²) in [5.41, 5.74) is 2.69. The first-order valence-electron chi connectivity index (χ1n) is 5.48. The summed E-state index contributed by atoms with van der Waals surface area (Å²) in [6.45, 7) is 5.17. The van der Waals surface area contributed by atoms with E-state index in [0.717, 1.165) is 18.8 Å². The topological polar surface area (TPSA) is 21.6 Å². The second-order valence-electron chi connectivity index (χ2n) is 4.62. The molecule has 0 radical (unpaired) electrons. The van der Waals surface area contributed by atoms with Crippen LogP contribution in [0.4, 0.5) is 0 Å². The van der Waals surface area contributed by atoms with Gasteiger partial charge in [-0.25, -0.2) is 0 Å². The molecular formula is C13H15NO. The number of rotatable bonds is 0. The van der Waals surface area contributed by atoms with E-state index in [0.29, 0.717) is 5.92 Å². The van der Waals surface area contributed by atoms with Crippen LogP contribution >= 0.6 is 0 Å². The molecule has 0 spiro atoms. The Kier molecular flexibility index (Phi) is 1.70. The maximum absolute atomic E-state index is 5.73. The van der Waals surface area contributed by atoms with E-state index in [2.05, 4.69) is 37.1 Å². The average molecular weight is 201 g/mol. The number of allylic oxidation sites excluding steroid dienone is 3. The summed E-state index contributed by atoms with van der Waals surface area (Å²) in [6.07, 6.45) is 9.39. The maximum atomic E-state index is 5.73. The lowest BCUT2D eigenvalue weighted by Gasteiger charge is -2.44. The summed E-state index contributed by atoms with van der Waals surface area (Å²) < 4.78 is 5.73. The number of dihydropyridines is 1. The molecule has 0 aromatic heterocycles. The van der Waals surface area contributed by atoms with Gasteiger partial charge in [-0.3, -0.25) is 4.99 Å². The average Bonchev–Trinajstić information content (AvgIpc) is 2.24. The Morgan fingerprint density at radius 1 is 1.40 bits per heavy atom. The van der Waals surface area contributed by atoms with Crippen LogP contribution in [0.3, 0.4) is 0 Å². The predicted molar refractivity (Wildman–Crippen MR) is 60.9 cm³/mol. The fourth-order valence-electron chi connectivity index (χ4n) is 2.73. The van der Waals surface area contributed by atoms with Gasteiger partial charge in [0.25, 0.3) is 0 Å². The highest BCUT2D eigenvalue weighted by Crippen LogP contribution is 2.46. The SMILES string of the molecule is CC1=CC=C2OCCC3=CC=NC1(C)C32. The number of hydrogen-bond donors (Lipinski definition) is 0. The van der Waals surface area contributed by atoms with Crippen LogP contribution in [0, 0.1) is 5.92 Å². The zero-order chi connectivity index (χ0) is 10.5. The Bertz CT molecular complexity index is 428. The third kappa shape index (κ3) is 1.08. The summed E-state index contributed by atoms with van der Waals surface area (Å²) in [5.74, 6) is 1.44. The van der Waals surface area contributed by atoms with E-state index in [1.807, 2.05) is 6.21 Å². The molecule has 0 N–H and O–H groups in total. The smallest absolute Gasteiger partial charge is 0.106 e. The Morgan fingerprint density at radius 2 is 2.27 bits per heavy atom. The third-order valence-electron chi connectivity index (χ3n) is 3.80. The van der Waals surface area contributed by atoms with E-state index in [-0.39, 0.29) is 5.54 Å². The van der Waals surface area contributed by atoms with E-state index >= 15 is 0 Å². The minimum absolute atomic E-state index is 0.103. The predicted octanol–water partition coefficient (Wildman–Crippen LogP) is 2.64. The van der Waals surface area contributed by atoms with Crippen LogP contribution in [-0.2, 0) is 4.74 Å². The zero-order valence-corrected chi connectivity index (χ0v) is 9.16. The van der Waals surface area contributed by atoms with Crippen molar-refractivity contribution in [3.8, 4) is 0 Å². The molecule has 0 aromatic rings. The largest absolute Gasteiger partial charge is 0.497 e. The maximum Gasteiger partial charge on any atom is 0.106 e. The molecule has 2 unspecified atom stereocenters. The van der Waals surface area contributed by atoms with Crippen molar-refractivity contribution in [1.82, 2.24) is 0 Å². The first kappa shape index (κ1) is 8.96. The van der Waals surface area contributed by atoms with Crippen molar-refractivity contribution >= 4 is 6.21 Å². The van der Waals surface area contributed by atoms with Crippen LogP contribution in [0.5, 0.6) is 0 Å². The molecule has 3 rings (SSSR count). The van der Waals surface area contributed by atoms with Gasteiger partial charge in [-0.15, -0.1) is 0 Å². The second kappa shape index (κ2) is 2.84. The van der Waals surface area contributed by atoms with Crippen LogP contribution in [-0.4, -0.2) is 18.4 Å². The number of hydrogen-bond acceptors (Lipinski definition) is 2. The molecule has 3 aliphatic rings. The molecule has 2 nitrogen and oxygen atoms in total. The molecule has 0 aromatic carbocycles. The normalized spacial score (nSPS) is 37.2. The highest BCUT2D eigenvalue weighted by atomic mass is 16.5. The first-order valence-corrected chi connectivity index (χ1v) is 5.48. The van der Waals surface area contributed by atoms with Gasteiger partial charge in [-0.1, -0.05) is 11.6 Å². The Hall–Kier alpha value is -1.31. The van der Waals surface area contributed by atoms with Crippen molar-refractivity contribution in [1.29, 1.82) is 0 Å². The molecule has 0 amide bonds. The van der Waals surface area contributed by atoms with Gasteiger partial charge in [0.05, 0.1) is 18.1 Å². The van der Waals surface area contributed by atoms with Crippen molar-refractivity contribution < 1.29 is 4.74 Å². The molecule has 1 saturated heterocycles. The molecule has 0 saturated carbocycles. The van der Waals surface area contributed by atoms with Gasteiger partial charge in [0.15, 0.2) is 0 Å². The standard InChI is InChI=1S/C13H15NO/c1-9-3-4-11-12-10(6-8-15-11)5-7-14-13(9,12)2/h3-5,7,12H,6,8H2,1-2H3. The lowest BCUT2D eigenvalue weighted by Crippen LogP contribution is -2.42. The fraction of sp³-hybridized carbons (Fsp3) is 0.462. The van der Waals surface area contributed by atoms with E-state index in [4.69, 9.17) is 4.74 Å². The van der Waals surface area contributed by atoms with Crippen LogP contribution in [0.2, 0.25) is 0 Å². The van der Waals surface area contributed by atoms with Crippen LogP contribution in [0.1, 0.15) is 20.3 Å². The van der Waals surface area contributed by atoms with Gasteiger partial charge in [0.1, 0.15) is 5.76 Å². The summed E-state index contributed by atoms with van der Waals surface area (Å²) >= 11 is 0. The van der Waals surface area contributed by atoms with Gasteiger partial charge >= 0.3 is 0 Å². The Morgan fingerprint density at radius 3 is 3.13 bits per heavy atom. The van der Waals surface area contributed by atoms with Crippen molar-refractivity contribution in [2.75, 3.05) is 6.61 Å². The Labute approximate surface area is 90.0 Å². The lowest BCUT2D eigenvalue weighted by atomic mass is 9.69. The van der Waals surface area contributed by atoms with Crippen molar-refractivity contribution in [3.63, 3.8) is 0 Å². The minimum Gasteiger partial charge on any atom is -0.497 e. The second-order valence-corrected chi connectivity index (χ2v) is 4.62. The summed E-state index contributed by atoms with van der Waals surface area (Å²) in [7, 11) is 0. The summed E-state index contributed by atoms with van der Waals surface area (Å²) in [6, 6.07) is 0. The summed E-state index contributed by atoms with van der Waals surface area (Å²) in [4.78, 5) is 4.66. The highest BCUT2D eigenvalue weighted by Gasteiger charge is 2.45. The molecule has 2 atom stereocenters. The molecule has 2 aliphatic heterocycles. The minimum atomic E-state index is -0.103. The molecule has 15 heavy (non-hydrogen) atoms. The van der Waals surface area contributed by atoms with Crippen molar-refractivity contribution in [2.45, 2.75) is 25.8 Å². The zero-order valence-electron chi connectivity index (χ0n) is 9.16. The van der Waals surface area contributed by atoms with Crippen LogP contribution < -0.4 is 0 Å². The van der Waals surface area contributed by atoms with Crippen LogP contribution in [0.25, 0.3) is 0 Å². The van der Waals surface area contributed by atoms with E-state index in [9.17, 15) is 0 Å². The number of ether oxygens (including phenoxy) is 1. The van der Waals surface area contributed by atoms with Gasteiger partial charge in [-0.05, 0) is 31.6 Å². The molecular weight excluding hydrogens is 186 g/mol. The number of aliphatic imine (C=N–C) groups is 1. The van der Waals surface area contributed by atoms with Crippen molar-refractivity contribution in [2.24, 2.45) is 10.9 Å². The molecule has 1 aliphatic carbocycles. The van der Waals surface area contributed by atoms with Gasteiger partial charge < -0.3 is 4.74 Å². The van der Waals surface area contributed by atoms with Crippen LogP contribution in [0.15, 0.2) is 40.1 Å². The van der Waals surface area contributed by atoms with Gasteiger partial charge in [-0.2, -0.15) is 0 Å².